The van der Waals surface area contributed by atoms with E-state index in [1.165, 1.54) is 13.8 Å². The Kier molecular flexibility index (Phi) is 39.7. The number of hydrogen-bond donors (Lipinski definition) is 2. The Morgan fingerprint density at radius 1 is 0.661 bits per heavy atom. The average molecular weight is 885 g/mol. The molecule has 0 aliphatic heterocycles. The molecular weight excluding hydrogens is 803 g/mol. The molecule has 0 spiro atoms. The normalized spacial score (nSPS) is 12.5. The minimum Gasteiger partial charge on any atom is -1.00 e. The van der Waals surface area contributed by atoms with Crippen LogP contribution in [0.1, 0.15) is 163 Å². The van der Waals surface area contributed by atoms with Crippen molar-refractivity contribution in [1.29, 1.82) is 0 Å². The van der Waals surface area contributed by atoms with Crippen LogP contribution >= 0.6 is 0 Å². The highest BCUT2D eigenvalue weighted by atomic mass is 35.5. The van der Waals surface area contributed by atoms with Gasteiger partial charge < -0.3 is 58.1 Å². The number of aliphatic hydroxyl groups excluding tert-OH is 1. The molecule has 0 rings (SSSR count). The fraction of sp³-hybridized carbons (Fsp3) is 0.841. The molecule has 0 saturated heterocycles. The molecule has 0 amide bonds. The van der Waals surface area contributed by atoms with Crippen LogP contribution < -0.4 is 30.1 Å². The van der Waals surface area contributed by atoms with Crippen molar-refractivity contribution in [1.82, 2.24) is 5.32 Å². The largest absolute Gasteiger partial charge is 1.00 e. The monoisotopic (exact) mass is 884 g/mol. The van der Waals surface area contributed by atoms with E-state index in [1.54, 1.807) is 0 Å². The van der Waals surface area contributed by atoms with Crippen LogP contribution in [0.4, 0.5) is 0 Å². The molecule has 0 aromatic carbocycles. The van der Waals surface area contributed by atoms with Crippen molar-refractivity contribution in [2.45, 2.75) is 181 Å². The summed E-state index contributed by atoms with van der Waals surface area (Å²) >= 11 is 0. The lowest BCUT2D eigenvalue weighted by Crippen LogP contribution is -3.00. The highest BCUT2D eigenvalue weighted by Crippen LogP contribution is 2.16. The third kappa shape index (κ3) is 40.7. The number of allylic oxidation sites excluding steroid dienone is 1. The first kappa shape index (κ1) is 60.9. The molecule has 0 aromatic rings. The van der Waals surface area contributed by atoms with Crippen molar-refractivity contribution < 1.29 is 82.1 Å². The molecule has 0 bridgehead atoms. The smallest absolute Gasteiger partial charge is 0.362 e. The molecule has 0 saturated carbocycles. The van der Waals surface area contributed by atoms with E-state index in [2.05, 4.69) is 18.3 Å². The molecule has 13 nitrogen and oxygen atoms in total. The molecule has 0 aliphatic carbocycles. The van der Waals surface area contributed by atoms with Crippen molar-refractivity contribution in [3.8, 4) is 0 Å². The summed E-state index contributed by atoms with van der Waals surface area (Å²) in [5.41, 5.74) is -0.499. The lowest BCUT2D eigenvalue weighted by Gasteiger charge is -2.30. The number of aliphatic hydroxyl groups is 1. The highest BCUT2D eigenvalue weighted by molar-refractivity contribution is 5.72. The number of unbranched alkanes of at least 4 members (excludes halogenated alkanes) is 14. The van der Waals surface area contributed by atoms with Gasteiger partial charge in [-0.15, -0.1) is 0 Å². The van der Waals surface area contributed by atoms with E-state index in [-0.39, 0.29) is 81.0 Å². The summed E-state index contributed by atoms with van der Waals surface area (Å²) in [6.07, 6.45) is 21.4. The summed E-state index contributed by atoms with van der Waals surface area (Å²) in [6.45, 7) is 10.6. The molecule has 15 heteroatoms. The molecule has 0 fully saturated rings. The van der Waals surface area contributed by atoms with Gasteiger partial charge in [-0.25, -0.2) is 4.79 Å². The second kappa shape index (κ2) is 38.5. The molecule has 0 aliphatic rings. The van der Waals surface area contributed by atoms with E-state index in [0.29, 0.717) is 43.5 Å². The van der Waals surface area contributed by atoms with Crippen LogP contribution in [0.25, 0.3) is 0 Å². The van der Waals surface area contributed by atoms with E-state index in [0.717, 1.165) is 109 Å². The van der Waals surface area contributed by atoms with Crippen LogP contribution in [0.2, 0.25) is 0 Å². The number of halogens is 2. The van der Waals surface area contributed by atoms with Gasteiger partial charge in [0.15, 0.2) is 6.54 Å². The quantitative estimate of drug-likeness (QED) is 0.0303. The third-order valence-corrected chi connectivity index (χ3v) is 9.57. The van der Waals surface area contributed by atoms with Crippen LogP contribution in [0.3, 0.4) is 0 Å². The summed E-state index contributed by atoms with van der Waals surface area (Å²) in [4.78, 5) is 58.8. The van der Waals surface area contributed by atoms with Crippen molar-refractivity contribution in [2.24, 2.45) is 0 Å². The molecule has 0 aromatic heterocycles. The molecule has 2 atom stereocenters. The van der Waals surface area contributed by atoms with Gasteiger partial charge in [0, 0.05) is 25.8 Å². The predicted molar refractivity (Wildman–Crippen MR) is 222 cm³/mol. The van der Waals surface area contributed by atoms with Crippen LogP contribution in [-0.2, 0) is 47.7 Å². The first-order chi connectivity index (χ1) is 27.1. The third-order valence-electron chi connectivity index (χ3n) is 9.57. The van der Waals surface area contributed by atoms with Crippen LogP contribution in [0, 0.1) is 0 Å². The number of rotatable bonds is 37. The number of carbonyl (C=O) groups excluding carboxylic acids is 5. The van der Waals surface area contributed by atoms with E-state index in [4.69, 9.17) is 23.7 Å². The fourth-order valence-electron chi connectivity index (χ4n) is 5.97. The van der Waals surface area contributed by atoms with Crippen LogP contribution in [-0.4, -0.2) is 117 Å². The summed E-state index contributed by atoms with van der Waals surface area (Å²) in [5, 5.41) is 13.9. The molecule has 0 heterocycles. The summed E-state index contributed by atoms with van der Waals surface area (Å²) in [7, 11) is 3.77. The van der Waals surface area contributed by atoms with Gasteiger partial charge in [-0.1, -0.05) is 89.7 Å². The minimum absolute atomic E-state index is 0. The molecule has 0 radical (unpaired) electrons. The Labute approximate surface area is 369 Å². The van der Waals surface area contributed by atoms with Crippen molar-refractivity contribution in [3.63, 3.8) is 0 Å². The number of nitrogens with one attached hydrogen (secondary N) is 1. The Balaban J connectivity index is -0.0000157. The average Bonchev–Trinajstić information content (AvgIpc) is 3.13. The molecule has 2 N–H and O–H groups in total. The first-order valence-corrected chi connectivity index (χ1v) is 21.7. The minimum atomic E-state index is -0.761. The zero-order valence-electron chi connectivity index (χ0n) is 37.6. The standard InChI is InChI=1S/C44H81N2O11.2ClH/c1-8-9-22-28-40(57-43(52)35-46(6,7)30-33-53-37(2)47)39(49)27-23-18-14-10-11-15-19-24-29-41(50)54-31-25-20-16-12-13-17-21-26-32-55-42(51)34-45-44(4,5)36-56-38(3)48;;/h18,23,39-40,45,49H,8-17,19-22,24-36H2,1-7H3;2*1H/q+1;;/p-2. The Morgan fingerprint density at radius 2 is 1.20 bits per heavy atom. The predicted octanol–water partition coefficient (Wildman–Crippen LogP) is 1.30. The van der Waals surface area contributed by atoms with Gasteiger partial charge in [0.2, 0.25) is 0 Å². The Morgan fingerprint density at radius 3 is 1.78 bits per heavy atom. The highest BCUT2D eigenvalue weighted by Gasteiger charge is 2.27. The lowest BCUT2D eigenvalue weighted by molar-refractivity contribution is -0.883. The maximum absolute atomic E-state index is 12.7. The summed E-state index contributed by atoms with van der Waals surface area (Å²) in [5.74, 6) is -1.48. The van der Waals surface area contributed by atoms with E-state index < -0.39 is 17.7 Å². The maximum Gasteiger partial charge on any atom is 0.362 e. The number of esters is 5. The zero-order valence-corrected chi connectivity index (χ0v) is 39.1. The molecule has 348 valence electrons. The van der Waals surface area contributed by atoms with Crippen molar-refractivity contribution in [2.75, 3.05) is 60.2 Å². The van der Waals surface area contributed by atoms with Gasteiger partial charge in [0.25, 0.3) is 0 Å². The number of ether oxygens (including phenoxy) is 5. The van der Waals surface area contributed by atoms with Gasteiger partial charge >= 0.3 is 29.8 Å². The van der Waals surface area contributed by atoms with Gasteiger partial charge in [-0.2, -0.15) is 0 Å². The van der Waals surface area contributed by atoms with Gasteiger partial charge in [0.05, 0.1) is 40.0 Å². The van der Waals surface area contributed by atoms with E-state index in [1.807, 2.05) is 34.0 Å². The van der Waals surface area contributed by atoms with Gasteiger partial charge in [0.1, 0.15) is 25.9 Å². The van der Waals surface area contributed by atoms with E-state index in [9.17, 15) is 29.1 Å². The number of hydrogen-bond acceptors (Lipinski definition) is 12. The van der Waals surface area contributed by atoms with Crippen LogP contribution in [0.5, 0.6) is 0 Å². The number of carbonyl (C=O) groups is 5. The number of nitrogens with zero attached hydrogens (tertiary/aromatic N) is 1. The fourth-order valence-corrected chi connectivity index (χ4v) is 5.97. The topological polar surface area (TPSA) is 164 Å². The SMILES string of the molecule is CCCCCC(OC(=O)C[N+](C)(C)CCOC(C)=O)C(O)CC=CCCCCCCCC(=O)OCCCCCCCCCCOC(=O)CNC(C)(C)COC(C)=O.[Cl-].[Cl-]. The van der Waals surface area contributed by atoms with Gasteiger partial charge in [-0.3, -0.25) is 24.5 Å². The first-order valence-electron chi connectivity index (χ1n) is 21.7. The number of quaternary nitrogens is 1. The molecular formula is C44H81Cl2N2O11-. The van der Waals surface area contributed by atoms with E-state index >= 15 is 0 Å². The lowest BCUT2D eigenvalue weighted by atomic mass is 10.0. The Bertz CT molecular complexity index is 1140. The van der Waals surface area contributed by atoms with Crippen molar-refractivity contribution >= 4 is 29.8 Å². The van der Waals surface area contributed by atoms with Crippen LogP contribution in [0.15, 0.2) is 12.2 Å². The number of likely N-dealkylation sites (N-methyl/N-ethyl adjacent to an activating group) is 1. The maximum atomic E-state index is 12.7. The second-order valence-corrected chi connectivity index (χ2v) is 16.5. The summed E-state index contributed by atoms with van der Waals surface area (Å²) < 4.78 is 26.8. The van der Waals surface area contributed by atoms with Crippen molar-refractivity contribution in [3.05, 3.63) is 12.2 Å². The molecule has 2 unspecified atom stereocenters. The van der Waals surface area contributed by atoms with Gasteiger partial charge in [-0.05, 0) is 65.2 Å². The molecule has 59 heavy (non-hydrogen) atoms. The Hall–Kier alpha value is -2.45. The second-order valence-electron chi connectivity index (χ2n) is 16.5. The summed E-state index contributed by atoms with van der Waals surface area (Å²) in [6, 6.07) is 0. The zero-order chi connectivity index (χ0) is 42.8.